The molecule has 1 aliphatic rings. The molecule has 0 spiro atoms. The smallest absolute Gasteiger partial charge is 0.265 e. The molecule has 34 heavy (non-hydrogen) atoms. The Morgan fingerprint density at radius 2 is 1.82 bits per heavy atom. The molecule has 176 valence electrons. The zero-order valence-corrected chi connectivity index (χ0v) is 21.0. The average Bonchev–Trinajstić information content (AvgIpc) is 3.61. The number of hydrogen-bond acceptors (Lipinski definition) is 8. The van der Waals surface area contributed by atoms with Crippen molar-refractivity contribution in [3.63, 3.8) is 0 Å². The Morgan fingerprint density at radius 1 is 1.03 bits per heavy atom. The Hall–Kier alpha value is -2.88. The van der Waals surface area contributed by atoms with E-state index in [-0.39, 0.29) is 5.91 Å². The summed E-state index contributed by atoms with van der Waals surface area (Å²) in [6.45, 7) is 8.16. The molecule has 7 nitrogen and oxygen atoms in total. The highest BCUT2D eigenvalue weighted by Crippen LogP contribution is 2.30. The van der Waals surface area contributed by atoms with E-state index in [2.05, 4.69) is 44.5 Å². The topological polar surface area (TPSA) is 75.4 Å². The second-order valence-corrected chi connectivity index (χ2v) is 10.3. The monoisotopic (exact) mass is 493 g/mol. The number of aromatic nitrogens is 3. The van der Waals surface area contributed by atoms with Crippen LogP contribution < -0.4 is 0 Å². The van der Waals surface area contributed by atoms with Crippen LogP contribution in [0.2, 0.25) is 0 Å². The van der Waals surface area contributed by atoms with Gasteiger partial charge in [-0.2, -0.15) is 16.3 Å². The van der Waals surface area contributed by atoms with Crippen LogP contribution in [0.1, 0.15) is 33.2 Å². The predicted octanol–water partition coefficient (Wildman–Crippen LogP) is 4.93. The van der Waals surface area contributed by atoms with Crippen LogP contribution >= 0.6 is 22.7 Å². The molecule has 1 saturated heterocycles. The summed E-state index contributed by atoms with van der Waals surface area (Å²) in [5.74, 6) is 1.42. The number of thiazole rings is 1. The lowest BCUT2D eigenvalue weighted by Crippen LogP contribution is -2.48. The van der Waals surface area contributed by atoms with Crippen molar-refractivity contribution in [2.24, 2.45) is 0 Å². The minimum absolute atomic E-state index is 0.102. The summed E-state index contributed by atoms with van der Waals surface area (Å²) in [5.41, 5.74) is 4.09. The molecule has 9 heteroatoms. The van der Waals surface area contributed by atoms with Crippen LogP contribution in [0.15, 0.2) is 45.6 Å². The molecule has 4 heterocycles. The van der Waals surface area contributed by atoms with Crippen LogP contribution in [0, 0.1) is 13.8 Å². The van der Waals surface area contributed by atoms with Crippen LogP contribution in [-0.2, 0) is 6.42 Å². The number of rotatable bonds is 7. The molecule has 4 aromatic rings. The van der Waals surface area contributed by atoms with Crippen LogP contribution in [-0.4, -0.2) is 63.6 Å². The third-order valence-corrected chi connectivity index (χ3v) is 7.94. The van der Waals surface area contributed by atoms with E-state index in [0.29, 0.717) is 11.7 Å². The predicted molar refractivity (Wildman–Crippen MR) is 135 cm³/mol. The third kappa shape index (κ3) is 5.11. The molecule has 1 amide bonds. The van der Waals surface area contributed by atoms with Gasteiger partial charge in [-0.05, 0) is 38.3 Å². The maximum absolute atomic E-state index is 13.1. The molecule has 0 bridgehead atoms. The van der Waals surface area contributed by atoms with Gasteiger partial charge in [-0.1, -0.05) is 35.0 Å². The number of benzene rings is 1. The molecule has 5 rings (SSSR count). The summed E-state index contributed by atoms with van der Waals surface area (Å²) in [4.78, 5) is 27.4. The van der Waals surface area contributed by atoms with Crippen LogP contribution in [0.3, 0.4) is 0 Å². The molecule has 0 saturated carbocycles. The van der Waals surface area contributed by atoms with E-state index in [1.54, 1.807) is 11.3 Å². The first-order valence-corrected chi connectivity index (χ1v) is 13.2. The largest absolute Gasteiger partial charge is 0.339 e. The van der Waals surface area contributed by atoms with Gasteiger partial charge in [0.2, 0.25) is 11.7 Å². The van der Waals surface area contributed by atoms with E-state index in [4.69, 9.17) is 4.52 Å². The van der Waals surface area contributed by atoms with Crippen molar-refractivity contribution in [2.75, 3.05) is 32.7 Å². The van der Waals surface area contributed by atoms with Gasteiger partial charge >= 0.3 is 0 Å². The number of amides is 1. The second-order valence-electron chi connectivity index (χ2n) is 8.56. The fourth-order valence-electron chi connectivity index (χ4n) is 4.05. The summed E-state index contributed by atoms with van der Waals surface area (Å²) >= 11 is 3.14. The molecular weight excluding hydrogens is 466 g/mol. The number of thiophene rings is 1. The van der Waals surface area contributed by atoms with Crippen molar-refractivity contribution in [1.82, 2.24) is 24.9 Å². The highest BCUT2D eigenvalue weighted by atomic mass is 32.1. The van der Waals surface area contributed by atoms with Gasteiger partial charge in [-0.25, -0.2) is 4.98 Å². The van der Waals surface area contributed by atoms with E-state index in [1.165, 1.54) is 16.9 Å². The van der Waals surface area contributed by atoms with Gasteiger partial charge in [0.25, 0.3) is 5.91 Å². The fourth-order valence-corrected chi connectivity index (χ4v) is 5.80. The van der Waals surface area contributed by atoms with Gasteiger partial charge in [0.15, 0.2) is 0 Å². The first-order valence-electron chi connectivity index (χ1n) is 11.5. The molecule has 0 unspecified atom stereocenters. The van der Waals surface area contributed by atoms with Crippen LogP contribution in [0.25, 0.3) is 22.0 Å². The lowest BCUT2D eigenvalue weighted by atomic mass is 10.1. The normalized spacial score (nSPS) is 14.6. The molecule has 0 radical (unpaired) electrons. The number of carbonyl (C=O) groups is 1. The fraction of sp³-hybridized carbons (Fsp3) is 0.360. The lowest BCUT2D eigenvalue weighted by Gasteiger charge is -2.34. The van der Waals surface area contributed by atoms with E-state index < -0.39 is 0 Å². The van der Waals surface area contributed by atoms with Crippen molar-refractivity contribution >= 4 is 28.6 Å². The summed E-state index contributed by atoms with van der Waals surface area (Å²) in [5, 5.41) is 9.15. The van der Waals surface area contributed by atoms with Crippen LogP contribution in [0.4, 0.5) is 0 Å². The lowest BCUT2D eigenvalue weighted by molar-refractivity contribution is 0.0639. The van der Waals surface area contributed by atoms with Crippen LogP contribution in [0.5, 0.6) is 0 Å². The van der Waals surface area contributed by atoms with Gasteiger partial charge in [-0.15, -0.1) is 11.3 Å². The minimum Gasteiger partial charge on any atom is -0.339 e. The molecule has 0 aliphatic carbocycles. The van der Waals surface area contributed by atoms with Gasteiger partial charge in [0.05, 0.1) is 5.69 Å². The maximum atomic E-state index is 13.1. The van der Waals surface area contributed by atoms with Crippen molar-refractivity contribution in [3.05, 3.63) is 63.1 Å². The summed E-state index contributed by atoms with van der Waals surface area (Å²) in [6, 6.07) is 10.2. The second kappa shape index (κ2) is 10.2. The Labute approximate surface area is 207 Å². The number of hydrogen-bond donors (Lipinski definition) is 0. The van der Waals surface area contributed by atoms with Crippen molar-refractivity contribution < 1.29 is 9.32 Å². The number of carbonyl (C=O) groups excluding carboxylic acids is 1. The van der Waals surface area contributed by atoms with Gasteiger partial charge in [-0.3, -0.25) is 9.69 Å². The summed E-state index contributed by atoms with van der Waals surface area (Å²) in [6.07, 6.45) is 1.70. The maximum Gasteiger partial charge on any atom is 0.265 e. The number of aryl methyl sites for hydroxylation is 3. The molecular formula is C25H27N5O2S2. The zero-order valence-electron chi connectivity index (χ0n) is 19.4. The Bertz CT molecular complexity index is 1240. The van der Waals surface area contributed by atoms with Crippen molar-refractivity contribution in [1.29, 1.82) is 0 Å². The molecule has 1 fully saturated rings. The summed E-state index contributed by atoms with van der Waals surface area (Å²) < 4.78 is 5.44. The minimum atomic E-state index is 0.102. The Morgan fingerprint density at radius 3 is 2.56 bits per heavy atom. The molecule has 1 aliphatic heterocycles. The number of nitrogens with zero attached hydrogens (tertiary/aromatic N) is 5. The van der Waals surface area contributed by atoms with Gasteiger partial charge < -0.3 is 9.42 Å². The SMILES string of the molecule is Cc1ccc(-c2noc(CCCN3CCN(C(=O)c4sc(-c5ccsc5)nc4C)CC3)n2)cc1. The Kier molecular flexibility index (Phi) is 6.85. The highest BCUT2D eigenvalue weighted by molar-refractivity contribution is 7.17. The van der Waals surface area contributed by atoms with E-state index in [1.807, 2.05) is 35.4 Å². The first-order chi connectivity index (χ1) is 16.6. The van der Waals surface area contributed by atoms with Gasteiger partial charge in [0.1, 0.15) is 9.88 Å². The van der Waals surface area contributed by atoms with E-state index in [9.17, 15) is 4.79 Å². The van der Waals surface area contributed by atoms with Crippen molar-refractivity contribution in [2.45, 2.75) is 26.7 Å². The standard InChI is InChI=1S/C25H27N5O2S2/c1-17-5-7-19(8-6-17)23-27-21(32-28-23)4-3-10-29-11-13-30(14-12-29)25(31)22-18(2)26-24(34-22)20-9-15-33-16-20/h5-9,15-16H,3-4,10-14H2,1-2H3. The Balaban J connectivity index is 1.09. The quantitative estimate of drug-likeness (QED) is 0.363. The van der Waals surface area contributed by atoms with E-state index >= 15 is 0 Å². The number of piperazine rings is 1. The van der Waals surface area contributed by atoms with E-state index in [0.717, 1.165) is 72.3 Å². The highest BCUT2D eigenvalue weighted by Gasteiger charge is 2.25. The molecule has 0 N–H and O–H groups in total. The zero-order chi connectivity index (χ0) is 23.5. The molecule has 3 aromatic heterocycles. The molecule has 0 atom stereocenters. The van der Waals surface area contributed by atoms with Gasteiger partial charge in [0, 0.05) is 49.1 Å². The summed E-state index contributed by atoms with van der Waals surface area (Å²) in [7, 11) is 0. The third-order valence-electron chi connectivity index (χ3n) is 6.06. The molecule has 1 aromatic carbocycles. The first kappa shape index (κ1) is 22.9. The average molecular weight is 494 g/mol. The van der Waals surface area contributed by atoms with Crippen molar-refractivity contribution in [3.8, 4) is 22.0 Å².